The van der Waals surface area contributed by atoms with Gasteiger partial charge in [-0.1, -0.05) is 30.3 Å². The van der Waals surface area contributed by atoms with Crippen molar-refractivity contribution in [2.45, 2.75) is 18.9 Å². The number of amides is 1. The number of carbonyl (C=O) groups is 1. The molecule has 23 heavy (non-hydrogen) atoms. The Hall–Kier alpha value is -2.45. The SMILES string of the molecule is N#C/C(=C\c1cccc(Br)n1)C(=O)NC1CCc2ccccc21. The molecule has 1 aliphatic carbocycles. The lowest BCUT2D eigenvalue weighted by atomic mass is 10.1. The molecule has 114 valence electrons. The van der Waals surface area contributed by atoms with E-state index in [1.165, 1.54) is 11.6 Å². The normalized spacial score (nSPS) is 16.5. The maximum atomic E-state index is 12.4. The molecule has 0 aliphatic heterocycles. The van der Waals surface area contributed by atoms with Crippen LogP contribution in [-0.4, -0.2) is 10.9 Å². The van der Waals surface area contributed by atoms with Crippen LogP contribution in [0.4, 0.5) is 0 Å². The largest absolute Gasteiger partial charge is 0.345 e. The Labute approximate surface area is 143 Å². The fourth-order valence-corrected chi connectivity index (χ4v) is 3.10. The molecule has 5 heteroatoms. The van der Waals surface area contributed by atoms with Crippen molar-refractivity contribution in [3.63, 3.8) is 0 Å². The molecule has 0 spiro atoms. The molecule has 1 atom stereocenters. The van der Waals surface area contributed by atoms with E-state index in [-0.39, 0.29) is 17.5 Å². The van der Waals surface area contributed by atoms with Crippen LogP contribution in [0.2, 0.25) is 0 Å². The summed E-state index contributed by atoms with van der Waals surface area (Å²) in [7, 11) is 0. The zero-order valence-electron chi connectivity index (χ0n) is 12.3. The molecular formula is C18H14BrN3O. The molecule has 0 fully saturated rings. The Kier molecular flexibility index (Phi) is 4.54. The van der Waals surface area contributed by atoms with Gasteiger partial charge in [0, 0.05) is 0 Å². The molecule has 1 aliphatic rings. The van der Waals surface area contributed by atoms with Gasteiger partial charge in [-0.3, -0.25) is 4.79 Å². The van der Waals surface area contributed by atoms with Crippen LogP contribution < -0.4 is 5.32 Å². The molecule has 1 amide bonds. The molecule has 0 bridgehead atoms. The van der Waals surface area contributed by atoms with E-state index in [1.54, 1.807) is 12.1 Å². The van der Waals surface area contributed by atoms with Crippen LogP contribution in [0, 0.1) is 11.3 Å². The van der Waals surface area contributed by atoms with Crippen molar-refractivity contribution in [3.05, 3.63) is 69.5 Å². The van der Waals surface area contributed by atoms with Gasteiger partial charge in [0.05, 0.1) is 11.7 Å². The summed E-state index contributed by atoms with van der Waals surface area (Å²) in [5.41, 5.74) is 3.02. The molecule has 1 heterocycles. The number of pyridine rings is 1. The molecule has 4 nitrogen and oxygen atoms in total. The highest BCUT2D eigenvalue weighted by Gasteiger charge is 2.24. The number of rotatable bonds is 3. The smallest absolute Gasteiger partial charge is 0.262 e. The number of nitrogens with one attached hydrogen (secondary N) is 1. The lowest BCUT2D eigenvalue weighted by Crippen LogP contribution is -2.28. The van der Waals surface area contributed by atoms with Gasteiger partial charge in [0.1, 0.15) is 16.2 Å². The first kappa shape index (κ1) is 15.4. The number of benzene rings is 1. The third-order valence-electron chi connectivity index (χ3n) is 3.83. The Morgan fingerprint density at radius 2 is 2.13 bits per heavy atom. The summed E-state index contributed by atoms with van der Waals surface area (Å²) in [6.07, 6.45) is 3.31. The van der Waals surface area contributed by atoms with Crippen molar-refractivity contribution in [1.82, 2.24) is 10.3 Å². The highest BCUT2D eigenvalue weighted by atomic mass is 79.9. The highest BCUT2D eigenvalue weighted by Crippen LogP contribution is 2.30. The zero-order valence-corrected chi connectivity index (χ0v) is 13.9. The third kappa shape index (κ3) is 3.49. The molecule has 2 aromatic rings. The van der Waals surface area contributed by atoms with Crippen LogP contribution in [0.1, 0.15) is 29.3 Å². The van der Waals surface area contributed by atoms with E-state index < -0.39 is 0 Å². The summed E-state index contributed by atoms with van der Waals surface area (Å²) < 4.78 is 0.661. The lowest BCUT2D eigenvalue weighted by molar-refractivity contribution is -0.117. The number of aromatic nitrogens is 1. The van der Waals surface area contributed by atoms with Crippen LogP contribution >= 0.6 is 15.9 Å². The van der Waals surface area contributed by atoms with Crippen molar-refractivity contribution in [3.8, 4) is 6.07 Å². The van der Waals surface area contributed by atoms with E-state index in [0.29, 0.717) is 10.3 Å². The highest BCUT2D eigenvalue weighted by molar-refractivity contribution is 9.10. The van der Waals surface area contributed by atoms with E-state index in [4.69, 9.17) is 0 Å². The molecule has 0 saturated heterocycles. The minimum absolute atomic E-state index is 0.0362. The first-order valence-corrected chi connectivity index (χ1v) is 8.09. The van der Waals surface area contributed by atoms with Crippen molar-refractivity contribution >= 4 is 27.9 Å². The maximum absolute atomic E-state index is 12.4. The fraction of sp³-hybridized carbons (Fsp3) is 0.167. The van der Waals surface area contributed by atoms with Gasteiger partial charge in [-0.15, -0.1) is 0 Å². The summed E-state index contributed by atoms with van der Waals surface area (Å²) in [6.45, 7) is 0. The topological polar surface area (TPSA) is 65.8 Å². The van der Waals surface area contributed by atoms with E-state index in [0.717, 1.165) is 18.4 Å². The minimum atomic E-state index is -0.365. The minimum Gasteiger partial charge on any atom is -0.345 e. The Morgan fingerprint density at radius 3 is 2.91 bits per heavy atom. The second kappa shape index (κ2) is 6.76. The lowest BCUT2D eigenvalue weighted by Gasteiger charge is -2.13. The van der Waals surface area contributed by atoms with Crippen molar-refractivity contribution in [2.75, 3.05) is 0 Å². The molecule has 1 N–H and O–H groups in total. The van der Waals surface area contributed by atoms with Gasteiger partial charge < -0.3 is 5.32 Å². The number of nitriles is 1. The van der Waals surface area contributed by atoms with E-state index >= 15 is 0 Å². The van der Waals surface area contributed by atoms with Gasteiger partial charge in [0.25, 0.3) is 5.91 Å². The van der Waals surface area contributed by atoms with Gasteiger partial charge in [0.15, 0.2) is 0 Å². The van der Waals surface area contributed by atoms with Crippen LogP contribution in [-0.2, 0) is 11.2 Å². The van der Waals surface area contributed by atoms with E-state index in [1.807, 2.05) is 30.3 Å². The van der Waals surface area contributed by atoms with Gasteiger partial charge in [-0.05, 0) is 58.1 Å². The Morgan fingerprint density at radius 1 is 1.30 bits per heavy atom. The first-order valence-electron chi connectivity index (χ1n) is 7.30. The second-order valence-corrected chi connectivity index (χ2v) is 6.13. The number of halogens is 1. The molecule has 3 rings (SSSR count). The maximum Gasteiger partial charge on any atom is 0.262 e. The number of nitrogens with zero attached hydrogens (tertiary/aromatic N) is 2. The van der Waals surface area contributed by atoms with E-state index in [2.05, 4.69) is 32.3 Å². The number of aryl methyl sites for hydroxylation is 1. The number of fused-ring (bicyclic) bond motifs is 1. The Bertz CT molecular complexity index is 823. The summed E-state index contributed by atoms with van der Waals surface area (Å²) >= 11 is 3.28. The number of hydrogen-bond acceptors (Lipinski definition) is 3. The van der Waals surface area contributed by atoms with Gasteiger partial charge in [0.2, 0.25) is 0 Å². The second-order valence-electron chi connectivity index (χ2n) is 5.32. The van der Waals surface area contributed by atoms with Crippen molar-refractivity contribution in [1.29, 1.82) is 5.26 Å². The van der Waals surface area contributed by atoms with E-state index in [9.17, 15) is 10.1 Å². The van der Waals surface area contributed by atoms with Crippen LogP contribution in [0.15, 0.2) is 52.6 Å². The summed E-state index contributed by atoms with van der Waals surface area (Å²) in [6, 6.07) is 15.3. The Balaban J connectivity index is 1.78. The van der Waals surface area contributed by atoms with Crippen LogP contribution in [0.25, 0.3) is 6.08 Å². The van der Waals surface area contributed by atoms with Crippen LogP contribution in [0.3, 0.4) is 0 Å². The molecular weight excluding hydrogens is 354 g/mol. The predicted molar refractivity (Wildman–Crippen MR) is 91.2 cm³/mol. The zero-order chi connectivity index (χ0) is 16.2. The fourth-order valence-electron chi connectivity index (χ4n) is 2.74. The summed E-state index contributed by atoms with van der Waals surface area (Å²) in [5, 5.41) is 12.2. The van der Waals surface area contributed by atoms with Crippen molar-refractivity contribution in [2.24, 2.45) is 0 Å². The molecule has 1 unspecified atom stereocenters. The molecule has 1 aromatic heterocycles. The third-order valence-corrected chi connectivity index (χ3v) is 4.27. The summed E-state index contributed by atoms with van der Waals surface area (Å²) in [5.74, 6) is -0.365. The van der Waals surface area contributed by atoms with Gasteiger partial charge in [-0.25, -0.2) is 4.98 Å². The monoisotopic (exact) mass is 367 g/mol. The quantitative estimate of drug-likeness (QED) is 0.512. The predicted octanol–water partition coefficient (Wildman–Crippen LogP) is 3.55. The van der Waals surface area contributed by atoms with Gasteiger partial charge >= 0.3 is 0 Å². The number of hydrogen-bond donors (Lipinski definition) is 1. The average Bonchev–Trinajstić information content (AvgIpc) is 2.96. The standard InChI is InChI=1S/C18H14BrN3O/c19-17-7-3-5-14(21-17)10-13(11-20)18(23)22-16-9-8-12-4-1-2-6-15(12)16/h1-7,10,16H,8-9H2,(H,22,23)/b13-10+. The average molecular weight is 368 g/mol. The molecule has 1 aromatic carbocycles. The molecule has 0 radical (unpaired) electrons. The van der Waals surface area contributed by atoms with Crippen LogP contribution in [0.5, 0.6) is 0 Å². The van der Waals surface area contributed by atoms with Crippen molar-refractivity contribution < 1.29 is 4.79 Å². The first-order chi connectivity index (χ1) is 11.2. The number of carbonyl (C=O) groups excluding carboxylic acids is 1. The summed E-state index contributed by atoms with van der Waals surface area (Å²) in [4.78, 5) is 16.6. The van der Waals surface area contributed by atoms with Gasteiger partial charge in [-0.2, -0.15) is 5.26 Å². The molecule has 0 saturated carbocycles.